The number of likely N-dealkylation sites (tertiary alicyclic amines) is 1. The van der Waals surface area contributed by atoms with Crippen LogP contribution in [-0.2, 0) is 14.4 Å². The highest BCUT2D eigenvalue weighted by Gasteiger charge is 2.35. The van der Waals surface area contributed by atoms with Gasteiger partial charge in [-0.05, 0) is 19.8 Å². The minimum atomic E-state index is -0.911. The van der Waals surface area contributed by atoms with Gasteiger partial charge in [-0.15, -0.1) is 0 Å². The predicted octanol–water partition coefficient (Wildman–Crippen LogP) is 0.716. The lowest BCUT2D eigenvalue weighted by molar-refractivity contribution is -0.143. The van der Waals surface area contributed by atoms with E-state index in [1.165, 1.54) is 0 Å². The number of hydrogen-bond acceptors (Lipinski definition) is 3. The Kier molecular flexibility index (Phi) is 5.53. The maximum absolute atomic E-state index is 12.0. The molecule has 2 N–H and O–H groups in total. The molecule has 0 bridgehead atoms. The number of hydrogen-bond donors (Lipinski definition) is 2. The zero-order chi connectivity index (χ0) is 15.4. The molecule has 1 heterocycles. The molecule has 6 heteroatoms. The van der Waals surface area contributed by atoms with Crippen LogP contribution in [0.15, 0.2) is 0 Å². The molecule has 0 aromatic rings. The summed E-state index contributed by atoms with van der Waals surface area (Å²) >= 11 is 0. The fraction of sp³-hybridized carbons (Fsp3) is 0.786. The number of carboxylic acid groups (broad SMARTS) is 1. The average Bonchev–Trinajstić information content (AvgIpc) is 2.70. The fourth-order valence-corrected chi connectivity index (χ4v) is 2.37. The van der Waals surface area contributed by atoms with Gasteiger partial charge in [0.05, 0.1) is 11.8 Å². The lowest BCUT2D eigenvalue weighted by Crippen LogP contribution is -2.40. The summed E-state index contributed by atoms with van der Waals surface area (Å²) in [5.41, 5.74) is 0. The Morgan fingerprint density at radius 3 is 2.35 bits per heavy atom. The van der Waals surface area contributed by atoms with Crippen molar-refractivity contribution in [3.05, 3.63) is 0 Å². The number of rotatable bonds is 6. The molecule has 1 rings (SSSR count). The third kappa shape index (κ3) is 3.95. The van der Waals surface area contributed by atoms with Crippen molar-refractivity contribution in [3.63, 3.8) is 0 Å². The first-order chi connectivity index (χ1) is 9.23. The Morgan fingerprint density at radius 1 is 1.35 bits per heavy atom. The van der Waals surface area contributed by atoms with Gasteiger partial charge in [-0.3, -0.25) is 14.4 Å². The molecule has 0 saturated carbocycles. The van der Waals surface area contributed by atoms with Crippen LogP contribution < -0.4 is 5.32 Å². The Hall–Kier alpha value is -1.59. The number of aliphatic carboxylic acids is 1. The lowest BCUT2D eigenvalue weighted by Gasteiger charge is -2.21. The van der Waals surface area contributed by atoms with E-state index in [0.29, 0.717) is 6.54 Å². The summed E-state index contributed by atoms with van der Waals surface area (Å²) in [6.07, 6.45) is 0.212. The monoisotopic (exact) mass is 284 g/mol. The molecule has 1 aliphatic rings. The van der Waals surface area contributed by atoms with E-state index in [1.807, 2.05) is 27.7 Å². The van der Waals surface area contributed by atoms with Gasteiger partial charge in [-0.1, -0.05) is 13.8 Å². The van der Waals surface area contributed by atoms with E-state index >= 15 is 0 Å². The van der Waals surface area contributed by atoms with Crippen molar-refractivity contribution in [3.8, 4) is 0 Å². The van der Waals surface area contributed by atoms with Crippen LogP contribution in [0.25, 0.3) is 0 Å². The van der Waals surface area contributed by atoms with Gasteiger partial charge < -0.3 is 15.3 Å². The van der Waals surface area contributed by atoms with E-state index in [0.717, 1.165) is 0 Å². The predicted molar refractivity (Wildman–Crippen MR) is 73.9 cm³/mol. The van der Waals surface area contributed by atoms with E-state index in [1.54, 1.807) is 4.90 Å². The lowest BCUT2D eigenvalue weighted by atomic mass is 9.95. The molecular formula is C14H24N2O4. The number of nitrogens with one attached hydrogen (secondary N) is 1. The summed E-state index contributed by atoms with van der Waals surface area (Å²) in [5, 5.41) is 11.7. The van der Waals surface area contributed by atoms with E-state index in [4.69, 9.17) is 5.11 Å². The van der Waals surface area contributed by atoms with Gasteiger partial charge in [0, 0.05) is 25.6 Å². The summed E-state index contributed by atoms with van der Waals surface area (Å²) in [7, 11) is 0. The number of amides is 2. The molecule has 2 amide bonds. The summed E-state index contributed by atoms with van der Waals surface area (Å²) in [4.78, 5) is 36.5. The van der Waals surface area contributed by atoms with E-state index < -0.39 is 11.9 Å². The molecule has 0 aromatic carbocycles. The van der Waals surface area contributed by atoms with Crippen molar-refractivity contribution >= 4 is 17.8 Å². The van der Waals surface area contributed by atoms with Crippen molar-refractivity contribution in [1.82, 2.24) is 10.2 Å². The first-order valence-corrected chi connectivity index (χ1v) is 7.04. The third-order valence-electron chi connectivity index (χ3n) is 3.77. The van der Waals surface area contributed by atoms with Gasteiger partial charge in [-0.2, -0.15) is 0 Å². The zero-order valence-electron chi connectivity index (χ0n) is 12.5. The molecule has 1 aliphatic heterocycles. The van der Waals surface area contributed by atoms with Gasteiger partial charge in [0.1, 0.15) is 0 Å². The van der Waals surface area contributed by atoms with Crippen molar-refractivity contribution < 1.29 is 19.5 Å². The maximum Gasteiger partial charge on any atom is 0.308 e. The SMILES string of the molecule is CC(C)C(CNC(=O)C1CC(=O)N(C(C)C)C1)C(=O)O. The fourth-order valence-electron chi connectivity index (χ4n) is 2.37. The highest BCUT2D eigenvalue weighted by Crippen LogP contribution is 2.20. The van der Waals surface area contributed by atoms with Crippen LogP contribution in [-0.4, -0.2) is 46.9 Å². The molecule has 20 heavy (non-hydrogen) atoms. The average molecular weight is 284 g/mol. The molecule has 1 fully saturated rings. The second kappa shape index (κ2) is 6.72. The minimum Gasteiger partial charge on any atom is -0.481 e. The molecule has 0 aromatic heterocycles. The van der Waals surface area contributed by atoms with Crippen LogP contribution >= 0.6 is 0 Å². The normalized spacial score (nSPS) is 20.6. The summed E-state index contributed by atoms with van der Waals surface area (Å²) in [6.45, 7) is 7.98. The molecule has 0 aliphatic carbocycles. The van der Waals surface area contributed by atoms with Crippen LogP contribution in [0.5, 0.6) is 0 Å². The molecule has 0 radical (unpaired) electrons. The van der Waals surface area contributed by atoms with Crippen LogP contribution in [0, 0.1) is 17.8 Å². The summed E-state index contributed by atoms with van der Waals surface area (Å²) in [6, 6.07) is 0.0859. The van der Waals surface area contributed by atoms with Gasteiger partial charge in [0.15, 0.2) is 0 Å². The van der Waals surface area contributed by atoms with E-state index in [9.17, 15) is 14.4 Å². The van der Waals surface area contributed by atoms with Crippen LogP contribution in [0.3, 0.4) is 0 Å². The largest absolute Gasteiger partial charge is 0.481 e. The standard InChI is InChI=1S/C14H24N2O4/c1-8(2)11(14(19)20)6-15-13(18)10-5-12(17)16(7-10)9(3)4/h8-11H,5-7H2,1-4H3,(H,15,18)(H,19,20). The molecule has 1 saturated heterocycles. The van der Waals surface area contributed by atoms with Crippen molar-refractivity contribution in [1.29, 1.82) is 0 Å². The quantitative estimate of drug-likeness (QED) is 0.752. The Bertz CT molecular complexity index is 393. The Labute approximate surface area is 119 Å². The van der Waals surface area contributed by atoms with Crippen molar-refractivity contribution in [2.24, 2.45) is 17.8 Å². The van der Waals surface area contributed by atoms with E-state index in [2.05, 4.69) is 5.32 Å². The highest BCUT2D eigenvalue weighted by molar-refractivity contribution is 5.89. The first kappa shape index (κ1) is 16.5. The molecule has 0 spiro atoms. The van der Waals surface area contributed by atoms with Crippen LogP contribution in [0.4, 0.5) is 0 Å². The van der Waals surface area contributed by atoms with Gasteiger partial charge in [0.2, 0.25) is 11.8 Å². The number of nitrogens with zero attached hydrogens (tertiary/aromatic N) is 1. The van der Waals surface area contributed by atoms with Gasteiger partial charge in [-0.25, -0.2) is 0 Å². The summed E-state index contributed by atoms with van der Waals surface area (Å²) in [5.74, 6) is -2.17. The number of carbonyl (C=O) groups is 3. The second-order valence-electron chi connectivity index (χ2n) is 5.97. The van der Waals surface area contributed by atoms with Crippen LogP contribution in [0.1, 0.15) is 34.1 Å². The number of carboxylic acids is 1. The van der Waals surface area contributed by atoms with E-state index in [-0.39, 0.29) is 42.7 Å². The third-order valence-corrected chi connectivity index (χ3v) is 3.77. The molecule has 114 valence electrons. The van der Waals surface area contributed by atoms with Gasteiger partial charge >= 0.3 is 5.97 Å². The number of carbonyl (C=O) groups excluding carboxylic acids is 2. The zero-order valence-corrected chi connectivity index (χ0v) is 12.5. The summed E-state index contributed by atoms with van der Waals surface area (Å²) < 4.78 is 0. The molecule has 2 unspecified atom stereocenters. The maximum atomic E-state index is 12.0. The second-order valence-corrected chi connectivity index (χ2v) is 5.97. The highest BCUT2D eigenvalue weighted by atomic mass is 16.4. The van der Waals surface area contributed by atoms with Crippen LogP contribution in [0.2, 0.25) is 0 Å². The molecular weight excluding hydrogens is 260 g/mol. The Morgan fingerprint density at radius 2 is 1.95 bits per heavy atom. The topological polar surface area (TPSA) is 86.7 Å². The first-order valence-electron chi connectivity index (χ1n) is 7.04. The van der Waals surface area contributed by atoms with Crippen molar-refractivity contribution in [2.75, 3.05) is 13.1 Å². The Balaban J connectivity index is 2.52. The smallest absolute Gasteiger partial charge is 0.308 e. The van der Waals surface area contributed by atoms with Crippen molar-refractivity contribution in [2.45, 2.75) is 40.2 Å². The molecule has 6 nitrogen and oxygen atoms in total. The minimum absolute atomic E-state index is 0.0150. The molecule has 2 atom stereocenters. The van der Waals surface area contributed by atoms with Gasteiger partial charge in [0.25, 0.3) is 0 Å².